The van der Waals surface area contributed by atoms with Gasteiger partial charge < -0.3 is 19.5 Å². The Balaban J connectivity index is 1.83. The average Bonchev–Trinajstić information content (AvgIpc) is 2.52. The molecule has 0 atom stereocenters. The van der Waals surface area contributed by atoms with E-state index < -0.39 is 5.97 Å². The topological polar surface area (TPSA) is 76.1 Å². The van der Waals surface area contributed by atoms with E-state index >= 15 is 0 Å². The highest BCUT2D eigenvalue weighted by molar-refractivity contribution is 5.85. The second-order valence-electron chi connectivity index (χ2n) is 4.52. The van der Waals surface area contributed by atoms with Gasteiger partial charge in [-0.05, 0) is 23.8 Å². The highest BCUT2D eigenvalue weighted by atomic mass is 16.5. The molecule has 0 spiro atoms. The van der Waals surface area contributed by atoms with Gasteiger partial charge in [0.1, 0.15) is 5.75 Å². The zero-order valence-electron chi connectivity index (χ0n) is 11.5. The van der Waals surface area contributed by atoms with E-state index in [1.54, 1.807) is 29.2 Å². The monoisotopic (exact) mass is 291 g/mol. The summed E-state index contributed by atoms with van der Waals surface area (Å²) in [5.41, 5.74) is 0.754. The Morgan fingerprint density at radius 2 is 1.90 bits per heavy atom. The largest absolute Gasteiger partial charge is 0.484 e. The number of carboxylic acids is 1. The molecular weight excluding hydrogens is 274 g/mol. The molecule has 1 amide bonds. The van der Waals surface area contributed by atoms with Crippen molar-refractivity contribution < 1.29 is 24.2 Å². The number of amides is 1. The molecule has 0 aromatic heterocycles. The first-order chi connectivity index (χ1) is 10.1. The van der Waals surface area contributed by atoms with Gasteiger partial charge in [0.25, 0.3) is 5.91 Å². The van der Waals surface area contributed by atoms with Crippen molar-refractivity contribution in [2.75, 3.05) is 32.9 Å². The molecule has 1 N–H and O–H groups in total. The fourth-order valence-corrected chi connectivity index (χ4v) is 1.89. The summed E-state index contributed by atoms with van der Waals surface area (Å²) in [6.07, 6.45) is 2.56. The van der Waals surface area contributed by atoms with Crippen LogP contribution in [0.3, 0.4) is 0 Å². The van der Waals surface area contributed by atoms with Crippen molar-refractivity contribution in [3.63, 3.8) is 0 Å². The maximum atomic E-state index is 11.9. The van der Waals surface area contributed by atoms with Crippen LogP contribution in [0.4, 0.5) is 0 Å². The number of aliphatic carboxylic acids is 1. The first-order valence-electron chi connectivity index (χ1n) is 6.64. The highest BCUT2D eigenvalue weighted by Crippen LogP contribution is 2.13. The zero-order valence-corrected chi connectivity index (χ0v) is 11.5. The zero-order chi connectivity index (χ0) is 15.1. The van der Waals surface area contributed by atoms with Crippen molar-refractivity contribution >= 4 is 18.0 Å². The molecular formula is C15H17NO5. The van der Waals surface area contributed by atoms with Crippen LogP contribution in [0, 0.1) is 0 Å². The Morgan fingerprint density at radius 3 is 2.52 bits per heavy atom. The molecule has 0 aliphatic carbocycles. The summed E-state index contributed by atoms with van der Waals surface area (Å²) in [7, 11) is 0. The lowest BCUT2D eigenvalue weighted by Crippen LogP contribution is -2.42. The number of hydrogen-bond acceptors (Lipinski definition) is 4. The van der Waals surface area contributed by atoms with Crippen LogP contribution in [0.5, 0.6) is 5.75 Å². The predicted octanol–water partition coefficient (Wildman–Crippen LogP) is 1.02. The van der Waals surface area contributed by atoms with E-state index in [2.05, 4.69) is 0 Å². The predicted molar refractivity (Wildman–Crippen MR) is 76.0 cm³/mol. The van der Waals surface area contributed by atoms with Crippen molar-refractivity contribution in [3.8, 4) is 5.75 Å². The smallest absolute Gasteiger partial charge is 0.328 e. The van der Waals surface area contributed by atoms with Crippen LogP contribution in [0.15, 0.2) is 30.3 Å². The number of carboxylic acid groups (broad SMARTS) is 1. The summed E-state index contributed by atoms with van der Waals surface area (Å²) in [6.45, 7) is 2.32. The lowest BCUT2D eigenvalue weighted by molar-refractivity contribution is -0.137. The van der Waals surface area contributed by atoms with Gasteiger partial charge in [0.05, 0.1) is 13.2 Å². The quantitative estimate of drug-likeness (QED) is 0.820. The molecule has 0 unspecified atom stereocenters. The Bertz CT molecular complexity index is 517. The lowest BCUT2D eigenvalue weighted by Gasteiger charge is -2.26. The Morgan fingerprint density at radius 1 is 1.24 bits per heavy atom. The third-order valence-electron chi connectivity index (χ3n) is 3.02. The van der Waals surface area contributed by atoms with Gasteiger partial charge in [0, 0.05) is 19.2 Å². The number of rotatable bonds is 5. The minimum atomic E-state index is -0.994. The molecule has 0 saturated carbocycles. The third kappa shape index (κ3) is 4.92. The van der Waals surface area contributed by atoms with E-state index in [1.807, 2.05) is 0 Å². The Hall–Kier alpha value is -2.34. The van der Waals surface area contributed by atoms with Crippen LogP contribution in [0.1, 0.15) is 5.56 Å². The summed E-state index contributed by atoms with van der Waals surface area (Å²) in [4.78, 5) is 24.0. The van der Waals surface area contributed by atoms with E-state index in [4.69, 9.17) is 14.6 Å². The van der Waals surface area contributed by atoms with Gasteiger partial charge in [-0.25, -0.2) is 4.79 Å². The molecule has 1 aliphatic heterocycles. The van der Waals surface area contributed by atoms with Crippen LogP contribution >= 0.6 is 0 Å². The standard InChI is InChI=1S/C15H17NO5/c17-14(16-7-9-20-10-8-16)11-21-13-4-1-12(2-5-13)3-6-15(18)19/h1-6H,7-11H2,(H,18,19). The molecule has 0 bridgehead atoms. The first kappa shape index (κ1) is 15.1. The Labute approximate surface area is 122 Å². The summed E-state index contributed by atoms with van der Waals surface area (Å²) in [5.74, 6) is -0.483. The van der Waals surface area contributed by atoms with Crippen LogP contribution < -0.4 is 4.74 Å². The molecule has 112 valence electrons. The third-order valence-corrected chi connectivity index (χ3v) is 3.02. The van der Waals surface area contributed by atoms with Crippen molar-refractivity contribution in [2.45, 2.75) is 0 Å². The molecule has 6 heteroatoms. The second-order valence-corrected chi connectivity index (χ2v) is 4.52. The first-order valence-corrected chi connectivity index (χ1v) is 6.64. The fourth-order valence-electron chi connectivity index (χ4n) is 1.89. The molecule has 21 heavy (non-hydrogen) atoms. The summed E-state index contributed by atoms with van der Waals surface area (Å²) >= 11 is 0. The summed E-state index contributed by atoms with van der Waals surface area (Å²) in [6, 6.07) is 6.87. The number of carbonyl (C=O) groups excluding carboxylic acids is 1. The molecule has 1 aromatic rings. The minimum Gasteiger partial charge on any atom is -0.484 e. The number of hydrogen-bond donors (Lipinski definition) is 1. The molecule has 1 saturated heterocycles. The molecule has 2 rings (SSSR count). The van der Waals surface area contributed by atoms with E-state index in [0.29, 0.717) is 32.1 Å². The van der Waals surface area contributed by atoms with E-state index in [1.165, 1.54) is 6.08 Å². The highest BCUT2D eigenvalue weighted by Gasteiger charge is 2.16. The number of ether oxygens (including phenoxy) is 2. The summed E-state index contributed by atoms with van der Waals surface area (Å²) in [5, 5.41) is 8.54. The number of morpholine rings is 1. The summed E-state index contributed by atoms with van der Waals surface area (Å²) < 4.78 is 10.6. The normalized spacial score (nSPS) is 15.1. The number of nitrogens with zero attached hydrogens (tertiary/aromatic N) is 1. The van der Waals surface area contributed by atoms with Crippen LogP contribution in [0.2, 0.25) is 0 Å². The average molecular weight is 291 g/mol. The van der Waals surface area contributed by atoms with Gasteiger partial charge in [0.15, 0.2) is 6.61 Å². The molecule has 6 nitrogen and oxygen atoms in total. The maximum absolute atomic E-state index is 11.9. The molecule has 1 aliphatic rings. The van der Waals surface area contributed by atoms with Gasteiger partial charge in [-0.2, -0.15) is 0 Å². The maximum Gasteiger partial charge on any atom is 0.328 e. The minimum absolute atomic E-state index is 0.00961. The van der Waals surface area contributed by atoms with Crippen molar-refractivity contribution in [1.82, 2.24) is 4.90 Å². The number of benzene rings is 1. The Kier molecular flexibility index (Phi) is 5.34. The molecule has 1 fully saturated rings. The SMILES string of the molecule is O=C(O)C=Cc1ccc(OCC(=O)N2CCOCC2)cc1. The van der Waals surface area contributed by atoms with Crippen molar-refractivity contribution in [3.05, 3.63) is 35.9 Å². The van der Waals surface area contributed by atoms with Crippen LogP contribution in [0.25, 0.3) is 6.08 Å². The van der Waals surface area contributed by atoms with Crippen LogP contribution in [-0.2, 0) is 14.3 Å². The van der Waals surface area contributed by atoms with Gasteiger partial charge in [-0.1, -0.05) is 12.1 Å². The molecule has 0 radical (unpaired) electrons. The molecule has 1 heterocycles. The van der Waals surface area contributed by atoms with E-state index in [0.717, 1.165) is 11.6 Å². The lowest BCUT2D eigenvalue weighted by atomic mass is 10.2. The van der Waals surface area contributed by atoms with Gasteiger partial charge in [-0.3, -0.25) is 4.79 Å². The molecule has 1 aromatic carbocycles. The van der Waals surface area contributed by atoms with Crippen LogP contribution in [-0.4, -0.2) is 54.8 Å². The van der Waals surface area contributed by atoms with Crippen molar-refractivity contribution in [1.29, 1.82) is 0 Å². The second kappa shape index (κ2) is 7.44. The van der Waals surface area contributed by atoms with Crippen molar-refractivity contribution in [2.24, 2.45) is 0 Å². The number of carbonyl (C=O) groups is 2. The van der Waals surface area contributed by atoms with Gasteiger partial charge in [-0.15, -0.1) is 0 Å². The van der Waals surface area contributed by atoms with E-state index in [9.17, 15) is 9.59 Å². The van der Waals surface area contributed by atoms with Gasteiger partial charge in [0.2, 0.25) is 0 Å². The van der Waals surface area contributed by atoms with Gasteiger partial charge >= 0.3 is 5.97 Å². The fraction of sp³-hybridized carbons (Fsp3) is 0.333. The van der Waals surface area contributed by atoms with E-state index in [-0.39, 0.29) is 12.5 Å².